The first-order valence-corrected chi connectivity index (χ1v) is 9.58. The molecule has 2 aliphatic rings. The Kier molecular flexibility index (Phi) is 4.18. The second-order valence-corrected chi connectivity index (χ2v) is 8.38. The van der Waals surface area contributed by atoms with E-state index in [-0.39, 0.29) is 17.4 Å². The van der Waals surface area contributed by atoms with Crippen LogP contribution in [0.1, 0.15) is 51.3 Å². The summed E-state index contributed by atoms with van der Waals surface area (Å²) in [6.07, 6.45) is 2.83. The number of aromatic hydroxyl groups is 1. The number of allylic oxidation sites excluding steroid dienone is 1. The summed E-state index contributed by atoms with van der Waals surface area (Å²) in [5, 5.41) is 14.0. The van der Waals surface area contributed by atoms with Gasteiger partial charge in [0.05, 0.1) is 18.2 Å². The number of methoxy groups -OCH3 is 1. The van der Waals surface area contributed by atoms with Crippen molar-refractivity contribution in [3.8, 4) is 28.4 Å². The quantitative estimate of drug-likeness (QED) is 0.637. The number of fused-ring (bicyclic) bond motifs is 5. The van der Waals surface area contributed by atoms with Crippen molar-refractivity contribution in [3.05, 3.63) is 53.6 Å². The van der Waals surface area contributed by atoms with Crippen molar-refractivity contribution in [1.29, 1.82) is 0 Å². The van der Waals surface area contributed by atoms with Crippen LogP contribution in [0.4, 0.5) is 5.69 Å². The van der Waals surface area contributed by atoms with E-state index in [1.165, 1.54) is 11.1 Å². The molecule has 0 bridgehead atoms. The Morgan fingerprint density at radius 1 is 1.25 bits per heavy atom. The molecule has 0 aliphatic carbocycles. The van der Waals surface area contributed by atoms with Crippen LogP contribution < -0.4 is 14.8 Å². The van der Waals surface area contributed by atoms with Gasteiger partial charge in [-0.2, -0.15) is 0 Å². The maximum Gasteiger partial charge on any atom is 0.172 e. The molecule has 0 radical (unpaired) electrons. The number of nitrogens with one attached hydrogen (secondary N) is 1. The lowest BCUT2D eigenvalue weighted by molar-refractivity contribution is 0.201. The van der Waals surface area contributed by atoms with E-state index in [9.17, 15) is 5.11 Å². The van der Waals surface area contributed by atoms with E-state index >= 15 is 0 Å². The van der Waals surface area contributed by atoms with Gasteiger partial charge >= 0.3 is 0 Å². The minimum Gasteiger partial charge on any atom is -0.504 e. The molecule has 0 fully saturated rings. The highest BCUT2D eigenvalue weighted by atomic mass is 16.5. The van der Waals surface area contributed by atoms with Gasteiger partial charge in [0.15, 0.2) is 11.5 Å². The number of hydrogen-bond acceptors (Lipinski definition) is 4. The molecule has 4 nitrogen and oxygen atoms in total. The van der Waals surface area contributed by atoms with Crippen LogP contribution in [0.2, 0.25) is 0 Å². The summed E-state index contributed by atoms with van der Waals surface area (Å²) in [4.78, 5) is 0. The average Bonchev–Trinajstić information content (AvgIpc) is 2.60. The molecule has 1 unspecified atom stereocenters. The van der Waals surface area contributed by atoms with Gasteiger partial charge in [-0.1, -0.05) is 24.3 Å². The Morgan fingerprint density at radius 3 is 2.68 bits per heavy atom. The summed E-state index contributed by atoms with van der Waals surface area (Å²) in [6.45, 7) is 12.6. The summed E-state index contributed by atoms with van der Waals surface area (Å²) in [5.74, 6) is 1.27. The van der Waals surface area contributed by atoms with Crippen LogP contribution in [-0.2, 0) is 0 Å². The highest BCUT2D eigenvalue weighted by molar-refractivity contribution is 5.92. The van der Waals surface area contributed by atoms with Crippen molar-refractivity contribution < 1.29 is 14.6 Å². The predicted octanol–water partition coefficient (Wildman–Crippen LogP) is 6.07. The second kappa shape index (κ2) is 6.33. The SMILES string of the molecule is C=C(C)CC1Oc2ccc(O)c(OC)c2-c2ccc3c(c21)C(C)=CC(C)(C)N3. The van der Waals surface area contributed by atoms with Crippen LogP contribution in [0.3, 0.4) is 0 Å². The lowest BCUT2D eigenvalue weighted by atomic mass is 9.80. The Bertz CT molecular complexity index is 1020. The third-order valence-corrected chi connectivity index (χ3v) is 5.37. The first kappa shape index (κ1) is 18.5. The average molecular weight is 377 g/mol. The molecular formula is C24H27NO3. The molecule has 2 aromatic carbocycles. The summed E-state index contributed by atoms with van der Waals surface area (Å²) in [5.41, 5.74) is 7.39. The maximum atomic E-state index is 10.3. The smallest absolute Gasteiger partial charge is 0.172 e. The Morgan fingerprint density at radius 2 is 2.00 bits per heavy atom. The molecule has 2 aliphatic heterocycles. The normalized spacial score (nSPS) is 18.6. The van der Waals surface area contributed by atoms with Gasteiger partial charge in [0.25, 0.3) is 0 Å². The topological polar surface area (TPSA) is 50.7 Å². The highest BCUT2D eigenvalue weighted by Crippen LogP contribution is 2.54. The zero-order chi connectivity index (χ0) is 20.2. The maximum absolute atomic E-state index is 10.3. The molecule has 2 N–H and O–H groups in total. The van der Waals surface area contributed by atoms with Crippen LogP contribution in [0.25, 0.3) is 16.7 Å². The molecule has 28 heavy (non-hydrogen) atoms. The first-order chi connectivity index (χ1) is 13.2. The lowest BCUT2D eigenvalue weighted by Gasteiger charge is -2.37. The molecular weight excluding hydrogens is 350 g/mol. The molecule has 4 heteroatoms. The summed E-state index contributed by atoms with van der Waals surface area (Å²) < 4.78 is 12.0. The molecule has 4 rings (SSSR count). The molecule has 0 spiro atoms. The van der Waals surface area contributed by atoms with E-state index in [4.69, 9.17) is 9.47 Å². The Labute approximate surface area is 166 Å². The second-order valence-electron chi connectivity index (χ2n) is 8.38. The molecule has 1 atom stereocenters. The van der Waals surface area contributed by atoms with E-state index in [0.29, 0.717) is 5.75 Å². The van der Waals surface area contributed by atoms with Crippen LogP contribution in [0.5, 0.6) is 17.2 Å². The molecule has 0 amide bonds. The van der Waals surface area contributed by atoms with Crippen LogP contribution in [-0.4, -0.2) is 17.8 Å². The van der Waals surface area contributed by atoms with Crippen molar-refractivity contribution in [1.82, 2.24) is 0 Å². The monoisotopic (exact) mass is 377 g/mol. The van der Waals surface area contributed by atoms with E-state index in [1.807, 2.05) is 13.0 Å². The fourth-order valence-electron chi connectivity index (χ4n) is 4.48. The van der Waals surface area contributed by atoms with Crippen molar-refractivity contribution in [3.63, 3.8) is 0 Å². The molecule has 146 valence electrons. The van der Waals surface area contributed by atoms with Crippen molar-refractivity contribution >= 4 is 11.3 Å². The van der Waals surface area contributed by atoms with Crippen LogP contribution in [0, 0.1) is 0 Å². The minimum absolute atomic E-state index is 0.110. The number of phenols is 1. The van der Waals surface area contributed by atoms with Gasteiger partial charge in [-0.15, -0.1) is 0 Å². The highest BCUT2D eigenvalue weighted by Gasteiger charge is 2.35. The fourth-order valence-corrected chi connectivity index (χ4v) is 4.48. The Hall–Kier alpha value is -2.88. The number of phenolic OH excluding ortho intramolecular Hbond substituents is 1. The summed E-state index contributed by atoms with van der Waals surface area (Å²) in [6, 6.07) is 7.65. The number of ether oxygens (including phenoxy) is 2. The summed E-state index contributed by atoms with van der Waals surface area (Å²) >= 11 is 0. The van der Waals surface area contributed by atoms with Crippen LogP contribution in [0.15, 0.2) is 42.5 Å². The fraction of sp³-hybridized carbons (Fsp3) is 0.333. The predicted molar refractivity (Wildman–Crippen MR) is 114 cm³/mol. The number of rotatable bonds is 3. The number of hydrogen-bond donors (Lipinski definition) is 2. The standard InChI is InChI=1S/C24H27NO3/c1-13(2)11-19-21-15(22-18(28-19)10-9-17(26)23(22)27-6)7-8-16-20(21)14(3)12-24(4,5)25-16/h7-10,12,19,25-26H,1,11H2,2-6H3. The van der Waals surface area contributed by atoms with Gasteiger partial charge in [0.2, 0.25) is 0 Å². The zero-order valence-corrected chi connectivity index (χ0v) is 17.1. The number of anilines is 1. The van der Waals surface area contributed by atoms with Gasteiger partial charge in [-0.3, -0.25) is 0 Å². The molecule has 0 saturated heterocycles. The van der Waals surface area contributed by atoms with E-state index in [1.54, 1.807) is 13.2 Å². The van der Waals surface area contributed by atoms with E-state index in [2.05, 4.69) is 50.9 Å². The lowest BCUT2D eigenvalue weighted by Crippen LogP contribution is -2.32. The summed E-state index contributed by atoms with van der Waals surface area (Å²) in [7, 11) is 1.57. The molecule has 2 aromatic rings. The van der Waals surface area contributed by atoms with Gasteiger partial charge in [-0.25, -0.2) is 0 Å². The largest absolute Gasteiger partial charge is 0.504 e. The van der Waals surface area contributed by atoms with Gasteiger partial charge < -0.3 is 19.9 Å². The molecule has 0 aromatic heterocycles. The Balaban J connectivity index is 2.04. The van der Waals surface area contributed by atoms with Crippen molar-refractivity contribution in [2.24, 2.45) is 0 Å². The van der Waals surface area contributed by atoms with E-state index < -0.39 is 0 Å². The van der Waals surface area contributed by atoms with Crippen molar-refractivity contribution in [2.45, 2.75) is 45.8 Å². The van der Waals surface area contributed by atoms with Crippen molar-refractivity contribution in [2.75, 3.05) is 12.4 Å². The molecule has 0 saturated carbocycles. The van der Waals surface area contributed by atoms with Gasteiger partial charge in [0, 0.05) is 23.2 Å². The van der Waals surface area contributed by atoms with Gasteiger partial charge in [-0.05, 0) is 57.0 Å². The minimum atomic E-state index is -0.143. The third-order valence-electron chi connectivity index (χ3n) is 5.37. The third kappa shape index (κ3) is 2.84. The number of benzene rings is 2. The van der Waals surface area contributed by atoms with Crippen LogP contribution >= 0.6 is 0 Å². The van der Waals surface area contributed by atoms with Gasteiger partial charge in [0.1, 0.15) is 11.9 Å². The van der Waals surface area contributed by atoms with E-state index in [0.717, 1.165) is 40.1 Å². The molecule has 2 heterocycles. The zero-order valence-electron chi connectivity index (χ0n) is 17.1. The first-order valence-electron chi connectivity index (χ1n) is 9.58.